The van der Waals surface area contributed by atoms with Crippen molar-refractivity contribution in [1.29, 1.82) is 0 Å². The Labute approximate surface area is 109 Å². The molecule has 18 heavy (non-hydrogen) atoms. The molecule has 4 heteroatoms. The van der Waals surface area contributed by atoms with Crippen molar-refractivity contribution in [3.63, 3.8) is 0 Å². The van der Waals surface area contributed by atoms with E-state index in [0.29, 0.717) is 17.9 Å². The second kappa shape index (κ2) is 5.57. The van der Waals surface area contributed by atoms with Crippen LogP contribution in [-0.4, -0.2) is 49.2 Å². The second-order valence-corrected chi connectivity index (χ2v) is 5.95. The lowest BCUT2D eigenvalue weighted by Crippen LogP contribution is -2.50. The Hall–Kier alpha value is -0.610. The second-order valence-electron chi connectivity index (χ2n) is 5.95. The molecule has 2 aliphatic heterocycles. The minimum absolute atomic E-state index is 0.0849. The normalized spacial score (nSPS) is 32.4. The first-order valence-corrected chi connectivity index (χ1v) is 7.46. The maximum Gasteiger partial charge on any atom is 0.239 e. The number of carbonyl (C=O) groups excluding carboxylic acids is 1. The molecular weight excluding hydrogens is 228 g/mol. The highest BCUT2D eigenvalue weighted by molar-refractivity contribution is 5.82. The molecule has 3 rings (SSSR count). The SMILES string of the molecule is O=C([C@@H]1CCCCN1)N(CC1CCOC1)C1CC1. The van der Waals surface area contributed by atoms with Crippen LogP contribution < -0.4 is 5.32 Å². The van der Waals surface area contributed by atoms with Crippen molar-refractivity contribution >= 4 is 5.91 Å². The molecule has 2 saturated heterocycles. The summed E-state index contributed by atoms with van der Waals surface area (Å²) in [7, 11) is 0. The van der Waals surface area contributed by atoms with E-state index in [-0.39, 0.29) is 6.04 Å². The average molecular weight is 252 g/mol. The van der Waals surface area contributed by atoms with Gasteiger partial charge in [0.15, 0.2) is 0 Å². The quantitative estimate of drug-likeness (QED) is 0.816. The zero-order valence-electron chi connectivity index (χ0n) is 11.1. The van der Waals surface area contributed by atoms with E-state index in [4.69, 9.17) is 4.74 Å². The molecule has 0 radical (unpaired) electrons. The molecule has 1 saturated carbocycles. The van der Waals surface area contributed by atoms with E-state index < -0.39 is 0 Å². The zero-order chi connectivity index (χ0) is 12.4. The fourth-order valence-corrected chi connectivity index (χ4v) is 3.07. The van der Waals surface area contributed by atoms with Crippen molar-refractivity contribution in [1.82, 2.24) is 10.2 Å². The first kappa shape index (κ1) is 12.4. The molecule has 0 bridgehead atoms. The van der Waals surface area contributed by atoms with Crippen LogP contribution in [0.2, 0.25) is 0 Å². The summed E-state index contributed by atoms with van der Waals surface area (Å²) in [6, 6.07) is 0.614. The largest absolute Gasteiger partial charge is 0.381 e. The molecule has 3 fully saturated rings. The van der Waals surface area contributed by atoms with Gasteiger partial charge in [0, 0.05) is 25.1 Å². The van der Waals surface area contributed by atoms with Gasteiger partial charge in [0.1, 0.15) is 0 Å². The van der Waals surface area contributed by atoms with Crippen LogP contribution in [0.1, 0.15) is 38.5 Å². The van der Waals surface area contributed by atoms with Gasteiger partial charge in [-0.1, -0.05) is 6.42 Å². The van der Waals surface area contributed by atoms with Crippen molar-refractivity contribution in [3.8, 4) is 0 Å². The minimum Gasteiger partial charge on any atom is -0.381 e. The number of hydrogen-bond acceptors (Lipinski definition) is 3. The van der Waals surface area contributed by atoms with Gasteiger partial charge in [0.25, 0.3) is 0 Å². The van der Waals surface area contributed by atoms with Crippen LogP contribution >= 0.6 is 0 Å². The number of nitrogens with zero attached hydrogens (tertiary/aromatic N) is 1. The Morgan fingerprint density at radius 2 is 2.11 bits per heavy atom. The fourth-order valence-electron chi connectivity index (χ4n) is 3.07. The van der Waals surface area contributed by atoms with Crippen LogP contribution in [-0.2, 0) is 9.53 Å². The molecule has 1 amide bonds. The molecule has 0 spiro atoms. The molecule has 0 aromatic carbocycles. The summed E-state index contributed by atoms with van der Waals surface area (Å²) in [5.41, 5.74) is 0. The van der Waals surface area contributed by atoms with Crippen molar-refractivity contribution in [3.05, 3.63) is 0 Å². The highest BCUT2D eigenvalue weighted by Crippen LogP contribution is 2.30. The van der Waals surface area contributed by atoms with Crippen LogP contribution in [0.5, 0.6) is 0 Å². The molecule has 3 aliphatic rings. The monoisotopic (exact) mass is 252 g/mol. The first-order chi connectivity index (χ1) is 8.84. The zero-order valence-corrected chi connectivity index (χ0v) is 11.1. The maximum atomic E-state index is 12.6. The van der Waals surface area contributed by atoms with Crippen LogP contribution in [0.4, 0.5) is 0 Å². The maximum absolute atomic E-state index is 12.6. The predicted molar refractivity (Wildman–Crippen MR) is 69.3 cm³/mol. The van der Waals surface area contributed by atoms with Crippen LogP contribution in [0.15, 0.2) is 0 Å². The molecule has 102 valence electrons. The Morgan fingerprint density at radius 3 is 2.72 bits per heavy atom. The van der Waals surface area contributed by atoms with E-state index in [1.54, 1.807) is 0 Å². The Balaban J connectivity index is 1.59. The number of ether oxygens (including phenoxy) is 1. The van der Waals surface area contributed by atoms with Crippen molar-refractivity contribution in [2.45, 2.75) is 50.6 Å². The molecule has 1 aliphatic carbocycles. The Morgan fingerprint density at radius 1 is 1.22 bits per heavy atom. The van der Waals surface area contributed by atoms with Gasteiger partial charge in [-0.15, -0.1) is 0 Å². The molecule has 2 heterocycles. The Bertz CT molecular complexity index is 292. The van der Waals surface area contributed by atoms with Crippen molar-refractivity contribution in [2.75, 3.05) is 26.3 Å². The standard InChI is InChI=1S/C14H24N2O2/c17-14(13-3-1-2-7-15-13)16(12-4-5-12)9-11-6-8-18-10-11/h11-13,15H,1-10H2/t11?,13-/m0/s1. The number of hydrogen-bond donors (Lipinski definition) is 1. The number of rotatable bonds is 4. The summed E-state index contributed by atoms with van der Waals surface area (Å²) in [4.78, 5) is 14.7. The number of amides is 1. The van der Waals surface area contributed by atoms with Gasteiger partial charge in [0.2, 0.25) is 5.91 Å². The summed E-state index contributed by atoms with van der Waals surface area (Å²) in [5.74, 6) is 0.919. The third-order valence-corrected chi connectivity index (χ3v) is 4.36. The molecule has 0 aromatic heterocycles. The van der Waals surface area contributed by atoms with Crippen LogP contribution in [0.25, 0.3) is 0 Å². The lowest BCUT2D eigenvalue weighted by Gasteiger charge is -2.31. The lowest BCUT2D eigenvalue weighted by molar-refractivity contribution is -0.135. The van der Waals surface area contributed by atoms with Crippen molar-refractivity contribution in [2.24, 2.45) is 5.92 Å². The average Bonchev–Trinajstić information content (AvgIpc) is 3.13. The van der Waals surface area contributed by atoms with Gasteiger partial charge in [0.05, 0.1) is 12.6 Å². The molecule has 4 nitrogen and oxygen atoms in total. The minimum atomic E-state index is 0.0849. The third-order valence-electron chi connectivity index (χ3n) is 4.36. The van der Waals surface area contributed by atoms with Gasteiger partial charge < -0.3 is 15.0 Å². The lowest BCUT2D eigenvalue weighted by atomic mass is 10.0. The summed E-state index contributed by atoms with van der Waals surface area (Å²) in [6.07, 6.45) is 6.94. The van der Waals surface area contributed by atoms with E-state index in [9.17, 15) is 4.79 Å². The smallest absolute Gasteiger partial charge is 0.239 e. The molecule has 2 atom stereocenters. The summed E-state index contributed by atoms with van der Waals surface area (Å²) < 4.78 is 5.43. The molecule has 0 aromatic rings. The van der Waals surface area contributed by atoms with Gasteiger partial charge in [-0.25, -0.2) is 0 Å². The summed E-state index contributed by atoms with van der Waals surface area (Å²) in [5, 5.41) is 3.38. The highest BCUT2D eigenvalue weighted by Gasteiger charge is 2.37. The number of piperidine rings is 1. The highest BCUT2D eigenvalue weighted by atomic mass is 16.5. The number of nitrogens with one attached hydrogen (secondary N) is 1. The predicted octanol–water partition coefficient (Wildman–Crippen LogP) is 1.16. The van der Waals surface area contributed by atoms with E-state index in [1.165, 1.54) is 25.7 Å². The van der Waals surface area contributed by atoms with Crippen LogP contribution in [0.3, 0.4) is 0 Å². The Kier molecular flexibility index (Phi) is 3.85. The summed E-state index contributed by atoms with van der Waals surface area (Å²) >= 11 is 0. The third kappa shape index (κ3) is 2.86. The van der Waals surface area contributed by atoms with Crippen LogP contribution in [0, 0.1) is 5.92 Å². The molecule has 1 unspecified atom stereocenters. The van der Waals surface area contributed by atoms with E-state index in [1.807, 2.05) is 0 Å². The topological polar surface area (TPSA) is 41.6 Å². The van der Waals surface area contributed by atoms with Crippen molar-refractivity contribution < 1.29 is 9.53 Å². The van der Waals surface area contributed by atoms with E-state index in [2.05, 4.69) is 10.2 Å². The van der Waals surface area contributed by atoms with E-state index in [0.717, 1.165) is 39.1 Å². The van der Waals surface area contributed by atoms with Gasteiger partial charge in [-0.05, 0) is 38.6 Å². The van der Waals surface area contributed by atoms with Gasteiger partial charge in [-0.2, -0.15) is 0 Å². The van der Waals surface area contributed by atoms with E-state index >= 15 is 0 Å². The first-order valence-electron chi connectivity index (χ1n) is 7.46. The summed E-state index contributed by atoms with van der Waals surface area (Å²) in [6.45, 7) is 3.64. The molecular formula is C14H24N2O2. The van der Waals surface area contributed by atoms with Gasteiger partial charge >= 0.3 is 0 Å². The molecule has 1 N–H and O–H groups in total. The number of carbonyl (C=O) groups is 1. The fraction of sp³-hybridized carbons (Fsp3) is 0.929. The van der Waals surface area contributed by atoms with Gasteiger partial charge in [-0.3, -0.25) is 4.79 Å².